The summed E-state index contributed by atoms with van der Waals surface area (Å²) >= 11 is -0.826. The third-order valence-corrected chi connectivity index (χ3v) is 7.17. The second-order valence-corrected chi connectivity index (χ2v) is 15.2. The van der Waals surface area contributed by atoms with Crippen LogP contribution in [0.3, 0.4) is 0 Å². The molecule has 0 fully saturated rings. The van der Waals surface area contributed by atoms with Crippen molar-refractivity contribution in [3.8, 4) is 0 Å². The van der Waals surface area contributed by atoms with Crippen LogP contribution in [0.2, 0.25) is 13.1 Å². The van der Waals surface area contributed by atoms with E-state index in [1.54, 1.807) is 22.3 Å². The number of aryl methyl sites for hydroxylation is 4. The molecule has 0 unspecified atom stereocenters. The average molecular weight is 675 g/mol. The Bertz CT molecular complexity index is 1070. The average Bonchev–Trinajstić information content (AvgIpc) is 3.51. The summed E-state index contributed by atoms with van der Waals surface area (Å²) in [5, 5.41) is 5.86. The second kappa shape index (κ2) is 23.9. The maximum atomic E-state index is 4.93. The first-order valence-corrected chi connectivity index (χ1v) is 23.8. The van der Waals surface area contributed by atoms with Crippen LogP contribution >= 0.6 is 17.0 Å². The molecule has 4 heteroatoms. The van der Waals surface area contributed by atoms with Crippen LogP contribution in [0.15, 0.2) is 60.7 Å². The summed E-state index contributed by atoms with van der Waals surface area (Å²) in [5.41, 5.74) is 6.44. The Labute approximate surface area is 267 Å². The van der Waals surface area contributed by atoms with E-state index < -0.39 is 20.8 Å². The summed E-state index contributed by atoms with van der Waals surface area (Å²) in [4.78, 5) is 0. The first-order valence-electron chi connectivity index (χ1n) is 15.4. The van der Waals surface area contributed by atoms with Gasteiger partial charge in [0.05, 0.1) is 0 Å². The van der Waals surface area contributed by atoms with Crippen LogP contribution in [-0.2, 0) is 46.5 Å². The van der Waals surface area contributed by atoms with Gasteiger partial charge in [-0.3, -0.25) is 0 Å². The molecule has 0 bridgehead atoms. The fourth-order valence-electron chi connectivity index (χ4n) is 5.17. The molecule has 0 aliphatic rings. The van der Waals surface area contributed by atoms with Gasteiger partial charge in [0.1, 0.15) is 0 Å². The molecule has 4 aromatic carbocycles. The molecule has 0 aromatic heterocycles. The van der Waals surface area contributed by atoms with E-state index in [1.807, 2.05) is 0 Å². The zero-order valence-electron chi connectivity index (χ0n) is 26.0. The van der Waals surface area contributed by atoms with E-state index in [4.69, 9.17) is 17.0 Å². The van der Waals surface area contributed by atoms with Crippen LogP contribution in [0.1, 0.15) is 101 Å². The van der Waals surface area contributed by atoms with Gasteiger partial charge in [-0.15, -0.1) is 81.2 Å². The van der Waals surface area contributed by atoms with Crippen molar-refractivity contribution >= 4 is 48.1 Å². The van der Waals surface area contributed by atoms with Gasteiger partial charge in [-0.25, -0.2) is 0 Å². The van der Waals surface area contributed by atoms with Gasteiger partial charge in [0, 0.05) is 9.52 Å². The molecule has 0 heterocycles. The molecule has 2 radical (unpaired) electrons. The van der Waals surface area contributed by atoms with E-state index in [9.17, 15) is 0 Å². The maximum absolute atomic E-state index is 4.93. The van der Waals surface area contributed by atoms with Crippen molar-refractivity contribution in [2.24, 2.45) is 0 Å². The molecule has 0 nitrogen and oxygen atoms in total. The number of halogens is 2. The zero-order chi connectivity index (χ0) is 29.6. The van der Waals surface area contributed by atoms with Crippen LogP contribution in [0.25, 0.3) is 21.5 Å². The van der Waals surface area contributed by atoms with Gasteiger partial charge in [0.15, 0.2) is 0 Å². The molecular weight excluding hydrogens is 623 g/mol. The van der Waals surface area contributed by atoms with Crippen molar-refractivity contribution in [1.82, 2.24) is 0 Å². The van der Waals surface area contributed by atoms with E-state index >= 15 is 0 Å². The quantitative estimate of drug-likeness (QED) is 0.104. The van der Waals surface area contributed by atoms with Crippen LogP contribution in [0.4, 0.5) is 0 Å². The van der Waals surface area contributed by atoms with E-state index in [0.29, 0.717) is 0 Å². The van der Waals surface area contributed by atoms with E-state index in [0.717, 1.165) is 9.52 Å². The summed E-state index contributed by atoms with van der Waals surface area (Å²) in [7, 11) is 11.0. The summed E-state index contributed by atoms with van der Waals surface area (Å²) in [6.45, 7) is 13.4. The van der Waals surface area contributed by atoms with Gasteiger partial charge >= 0.3 is 37.9 Å². The van der Waals surface area contributed by atoms with Crippen LogP contribution < -0.4 is 0 Å². The molecule has 0 amide bonds. The molecule has 0 saturated carbocycles. The Balaban J connectivity index is 0.000000335. The predicted molar refractivity (Wildman–Crippen MR) is 183 cm³/mol. The Kier molecular flexibility index (Phi) is 22.3. The molecule has 40 heavy (non-hydrogen) atoms. The summed E-state index contributed by atoms with van der Waals surface area (Å²) in [5.74, 6) is 0. The van der Waals surface area contributed by atoms with Gasteiger partial charge in [-0.2, -0.15) is 11.1 Å². The monoisotopic (exact) mass is 672 g/mol. The van der Waals surface area contributed by atoms with Crippen molar-refractivity contribution < 1.29 is 20.8 Å². The van der Waals surface area contributed by atoms with Gasteiger partial charge < -0.3 is 0 Å². The fourth-order valence-corrected chi connectivity index (χ4v) is 5.17. The molecule has 4 rings (SSSR count). The molecule has 0 aliphatic carbocycles. The van der Waals surface area contributed by atoms with E-state index in [1.165, 1.54) is 98.6 Å². The zero-order valence-corrected chi connectivity index (χ0v) is 31.0. The molecule has 4 aromatic rings. The first kappa shape index (κ1) is 37.4. The Morgan fingerprint density at radius 1 is 0.575 bits per heavy atom. The predicted octanol–water partition coefficient (Wildman–Crippen LogP) is 12.7. The number of rotatable bonds is 12. The van der Waals surface area contributed by atoms with Crippen molar-refractivity contribution in [2.45, 2.75) is 118 Å². The van der Waals surface area contributed by atoms with Gasteiger partial charge in [0.2, 0.25) is 0 Å². The number of hydrogen-bond acceptors (Lipinski definition) is 0. The third-order valence-electron chi connectivity index (χ3n) is 7.17. The molecule has 0 aliphatic heterocycles. The fraction of sp³-hybridized carbons (Fsp3) is 0.500. The molecular formula is C36H52Cl2SiZr. The molecule has 218 valence electrons. The number of hydrogen-bond donors (Lipinski definition) is 0. The SMILES string of the molecule is CCCCc1[cH-]c2ccccc2c1CCCC.CCCCc1[cH-]c2ccccc2c1CCCC.C[Si]C.[Cl][Zr+2][Cl]. The van der Waals surface area contributed by atoms with Gasteiger partial charge in [0.25, 0.3) is 0 Å². The summed E-state index contributed by atoms with van der Waals surface area (Å²) < 4.78 is 0. The van der Waals surface area contributed by atoms with Gasteiger partial charge in [-0.05, 0) is 12.8 Å². The summed E-state index contributed by atoms with van der Waals surface area (Å²) in [6, 6.07) is 22.5. The number of unbranched alkanes of at least 4 members (excludes halogenated alkanes) is 4. The van der Waals surface area contributed by atoms with Crippen molar-refractivity contribution in [2.75, 3.05) is 0 Å². The van der Waals surface area contributed by atoms with Crippen LogP contribution in [-0.4, -0.2) is 9.52 Å². The Hall–Kier alpha value is -0.660. The van der Waals surface area contributed by atoms with Crippen LogP contribution in [0, 0.1) is 0 Å². The van der Waals surface area contributed by atoms with Crippen molar-refractivity contribution in [1.29, 1.82) is 0 Å². The topological polar surface area (TPSA) is 0 Å². The van der Waals surface area contributed by atoms with Crippen molar-refractivity contribution in [3.05, 3.63) is 82.9 Å². The summed E-state index contributed by atoms with van der Waals surface area (Å²) in [6.07, 6.45) is 15.4. The normalized spacial score (nSPS) is 10.2. The standard InChI is InChI=1S/2C17H23.C2H6Si.2ClH.Zr/c2*1-3-5-9-14-13-15-10-7-8-12-17(15)16(14)11-6-4-2;1-3-2;;;/h2*7-8,10,12-13H,3-6,9,11H2,1-2H3;1-2H3;2*1H;/q2*-1;;;;+4/p-2. The van der Waals surface area contributed by atoms with Crippen molar-refractivity contribution in [3.63, 3.8) is 0 Å². The molecule has 0 spiro atoms. The van der Waals surface area contributed by atoms with E-state index in [2.05, 4.69) is 101 Å². The Morgan fingerprint density at radius 3 is 1.20 bits per heavy atom. The minimum atomic E-state index is -0.826. The number of benzene rings is 2. The molecule has 0 atom stereocenters. The van der Waals surface area contributed by atoms with Crippen LogP contribution in [0.5, 0.6) is 0 Å². The molecule has 0 saturated heterocycles. The number of fused-ring (bicyclic) bond motifs is 2. The third kappa shape index (κ3) is 13.1. The van der Waals surface area contributed by atoms with Gasteiger partial charge in [-0.1, -0.05) is 117 Å². The second-order valence-electron chi connectivity index (χ2n) is 10.5. The Morgan fingerprint density at radius 2 is 0.875 bits per heavy atom. The molecule has 0 N–H and O–H groups in total. The first-order chi connectivity index (χ1) is 19.6. The van der Waals surface area contributed by atoms with E-state index in [-0.39, 0.29) is 0 Å². The minimum absolute atomic E-state index is 0.826.